The minimum Gasteiger partial charge on any atom is -0.286 e. The van der Waals surface area contributed by atoms with Crippen LogP contribution in [-0.4, -0.2) is 45.5 Å². The molecule has 0 fully saturated rings. The fourth-order valence-corrected chi connectivity index (χ4v) is 7.15. The molecule has 12 heteroatoms. The van der Waals surface area contributed by atoms with Crippen molar-refractivity contribution in [1.29, 1.82) is 0 Å². The molecule has 23 heavy (non-hydrogen) atoms. The van der Waals surface area contributed by atoms with Crippen molar-refractivity contribution in [2.75, 3.05) is 34.4 Å². The Morgan fingerprint density at radius 3 is 1.61 bits per heavy atom. The summed E-state index contributed by atoms with van der Waals surface area (Å²) in [6.07, 6.45) is 0.561. The molecule has 0 aromatic carbocycles. The molecular weight excluding hydrogens is 609 g/mol. The minimum atomic E-state index is -3.97. The average molecular weight is 627 g/mol. The highest BCUT2D eigenvalue weighted by atomic mass is 79.9. The third-order valence-corrected chi connectivity index (χ3v) is 8.88. The summed E-state index contributed by atoms with van der Waals surface area (Å²) in [5, 5.41) is 1.82. The summed E-state index contributed by atoms with van der Waals surface area (Å²) in [5.41, 5.74) is -2.17. The minimum absolute atomic E-state index is 0.0982. The van der Waals surface area contributed by atoms with Gasteiger partial charge < -0.3 is 0 Å². The molecule has 0 aromatic heterocycles. The number of phosphoric acid groups is 1. The maximum atomic E-state index is 12.8. The van der Waals surface area contributed by atoms with E-state index in [4.69, 9.17) is 60.0 Å². The second-order valence-electron chi connectivity index (χ2n) is 4.61. The van der Waals surface area contributed by atoms with Crippen LogP contribution >= 0.6 is 102 Å². The maximum Gasteiger partial charge on any atom is 0.477 e. The van der Waals surface area contributed by atoms with Crippen LogP contribution in [0.1, 0.15) is 12.8 Å². The van der Waals surface area contributed by atoms with Gasteiger partial charge in [-0.15, -0.1) is 23.2 Å². The van der Waals surface area contributed by atoms with E-state index >= 15 is 0 Å². The Labute approximate surface area is 182 Å². The molecule has 0 bridgehead atoms. The molecule has 0 radical (unpaired) electrons. The molecule has 0 aliphatic rings. The SMILES string of the molecule is O=P(OCC(CBr)(CBr)CBr)(OC(Cl)CCCl)OC(Cl)CCCl. The van der Waals surface area contributed by atoms with E-state index in [9.17, 15) is 4.57 Å². The number of rotatable bonds is 14. The molecule has 0 amide bonds. The van der Waals surface area contributed by atoms with E-state index in [1.54, 1.807) is 0 Å². The number of alkyl halides is 7. The second kappa shape index (κ2) is 13.8. The van der Waals surface area contributed by atoms with Crippen molar-refractivity contribution in [2.24, 2.45) is 5.41 Å². The molecule has 2 atom stereocenters. The van der Waals surface area contributed by atoms with E-state index in [0.29, 0.717) is 16.0 Å². The zero-order valence-electron chi connectivity index (χ0n) is 12.0. The number of halogens is 7. The quantitative estimate of drug-likeness (QED) is 0.159. The van der Waals surface area contributed by atoms with Gasteiger partial charge in [-0.2, -0.15) is 0 Å². The second-order valence-corrected chi connectivity index (χ2v) is 9.59. The van der Waals surface area contributed by atoms with Crippen LogP contribution in [0.15, 0.2) is 0 Å². The molecule has 0 aromatic rings. The first-order chi connectivity index (χ1) is 10.8. The molecular formula is C11H18Br3Cl4O4P. The highest BCUT2D eigenvalue weighted by molar-refractivity contribution is 9.10. The number of phosphoric ester groups is 1. The van der Waals surface area contributed by atoms with E-state index in [2.05, 4.69) is 47.8 Å². The van der Waals surface area contributed by atoms with Gasteiger partial charge in [-0.3, -0.25) is 13.6 Å². The Kier molecular flexibility index (Phi) is 15.4. The highest BCUT2D eigenvalue weighted by Crippen LogP contribution is 2.54. The van der Waals surface area contributed by atoms with Crippen molar-refractivity contribution < 1.29 is 18.1 Å². The average Bonchev–Trinajstić information content (AvgIpc) is 2.49. The molecule has 0 aliphatic heterocycles. The summed E-state index contributed by atoms with van der Waals surface area (Å²) in [6.45, 7) is 0.0982. The summed E-state index contributed by atoms with van der Waals surface area (Å²) < 4.78 is 28.8. The van der Waals surface area contributed by atoms with Crippen molar-refractivity contribution >= 4 is 102 Å². The summed E-state index contributed by atoms with van der Waals surface area (Å²) in [6, 6.07) is 0. The fraction of sp³-hybridized carbons (Fsp3) is 1.00. The van der Waals surface area contributed by atoms with Crippen molar-refractivity contribution in [3.05, 3.63) is 0 Å². The lowest BCUT2D eigenvalue weighted by Gasteiger charge is -2.30. The molecule has 0 saturated carbocycles. The van der Waals surface area contributed by atoms with Crippen molar-refractivity contribution in [3.63, 3.8) is 0 Å². The van der Waals surface area contributed by atoms with Crippen molar-refractivity contribution in [2.45, 2.75) is 24.0 Å². The smallest absolute Gasteiger partial charge is 0.286 e. The van der Waals surface area contributed by atoms with E-state index in [0.717, 1.165) is 0 Å². The molecule has 0 rings (SSSR count). The molecule has 0 saturated heterocycles. The molecule has 4 nitrogen and oxygen atoms in total. The zero-order valence-corrected chi connectivity index (χ0v) is 20.7. The molecule has 0 N–H and O–H groups in total. The van der Waals surface area contributed by atoms with Crippen LogP contribution in [0.25, 0.3) is 0 Å². The van der Waals surface area contributed by atoms with Gasteiger partial charge in [0, 0.05) is 46.0 Å². The Balaban J connectivity index is 4.99. The van der Waals surface area contributed by atoms with Gasteiger partial charge in [0.25, 0.3) is 0 Å². The number of hydrogen-bond acceptors (Lipinski definition) is 4. The van der Waals surface area contributed by atoms with Crippen molar-refractivity contribution in [3.8, 4) is 0 Å². The topological polar surface area (TPSA) is 44.8 Å². The Morgan fingerprint density at radius 2 is 1.30 bits per heavy atom. The summed E-state index contributed by atoms with van der Waals surface area (Å²) in [4.78, 5) is 0. The predicted molar refractivity (Wildman–Crippen MR) is 109 cm³/mol. The van der Waals surface area contributed by atoms with Gasteiger partial charge in [-0.05, 0) is 0 Å². The largest absolute Gasteiger partial charge is 0.477 e. The molecule has 0 aliphatic carbocycles. The lowest BCUT2D eigenvalue weighted by molar-refractivity contribution is 0.0735. The third-order valence-electron chi connectivity index (χ3n) is 2.54. The summed E-state index contributed by atoms with van der Waals surface area (Å²) >= 11 is 33.3. The first-order valence-electron chi connectivity index (χ1n) is 6.49. The Bertz CT molecular complexity index is 340. The molecule has 0 heterocycles. The van der Waals surface area contributed by atoms with E-state index in [1.165, 1.54) is 0 Å². The van der Waals surface area contributed by atoms with Gasteiger partial charge in [0.2, 0.25) is 0 Å². The van der Waals surface area contributed by atoms with Crippen LogP contribution in [0.2, 0.25) is 0 Å². The molecule has 140 valence electrons. The van der Waals surface area contributed by atoms with Gasteiger partial charge in [0.05, 0.1) is 6.61 Å². The lowest BCUT2D eigenvalue weighted by atomic mass is 9.98. The first-order valence-corrected chi connectivity index (χ1v) is 13.3. The van der Waals surface area contributed by atoms with Crippen LogP contribution in [0.5, 0.6) is 0 Å². The van der Waals surface area contributed by atoms with Crippen LogP contribution in [0.4, 0.5) is 0 Å². The van der Waals surface area contributed by atoms with Gasteiger partial charge in [-0.25, -0.2) is 4.57 Å². The number of hydrogen-bond donors (Lipinski definition) is 0. The first kappa shape index (κ1) is 25.7. The van der Waals surface area contributed by atoms with Gasteiger partial charge in [0.15, 0.2) is 0 Å². The van der Waals surface area contributed by atoms with Crippen LogP contribution in [0.3, 0.4) is 0 Å². The van der Waals surface area contributed by atoms with Crippen LogP contribution in [-0.2, 0) is 18.1 Å². The monoisotopic (exact) mass is 622 g/mol. The lowest BCUT2D eigenvalue weighted by Crippen LogP contribution is -2.32. The third kappa shape index (κ3) is 10.6. The van der Waals surface area contributed by atoms with E-state index in [1.807, 2.05) is 0 Å². The standard InChI is InChI=1S/C11H18Br3Cl4O4P/c12-5-11(6-13,7-14)8-20-23(19,21-9(17)1-3-15)22-10(18)2-4-16/h9-10H,1-8H2. The van der Waals surface area contributed by atoms with Crippen LogP contribution < -0.4 is 0 Å². The summed E-state index contributed by atoms with van der Waals surface area (Å²) in [5.74, 6) is 0.489. The van der Waals surface area contributed by atoms with Gasteiger partial charge in [0.1, 0.15) is 11.1 Å². The van der Waals surface area contributed by atoms with Gasteiger partial charge in [-0.1, -0.05) is 71.0 Å². The van der Waals surface area contributed by atoms with E-state index in [-0.39, 0.29) is 36.6 Å². The summed E-state index contributed by atoms with van der Waals surface area (Å²) in [7, 11) is -3.97. The van der Waals surface area contributed by atoms with Crippen LogP contribution in [0, 0.1) is 5.41 Å². The normalized spacial score (nSPS) is 17.7. The Morgan fingerprint density at radius 1 is 0.913 bits per heavy atom. The van der Waals surface area contributed by atoms with Gasteiger partial charge >= 0.3 is 7.82 Å². The zero-order chi connectivity index (χ0) is 17.9. The van der Waals surface area contributed by atoms with E-state index < -0.39 is 18.9 Å². The Hall–Kier alpha value is 2.71. The molecule has 2 unspecified atom stereocenters. The predicted octanol–water partition coefficient (Wildman–Crippen LogP) is 6.70. The fourth-order valence-electron chi connectivity index (χ4n) is 1.08. The highest BCUT2D eigenvalue weighted by Gasteiger charge is 2.37. The molecule has 0 spiro atoms. The van der Waals surface area contributed by atoms with Crippen molar-refractivity contribution in [1.82, 2.24) is 0 Å². The maximum absolute atomic E-state index is 12.8.